The van der Waals surface area contributed by atoms with Gasteiger partial charge in [-0.2, -0.15) is 0 Å². The number of aromatic nitrogens is 3. The molecule has 2 N–H and O–H groups in total. The number of hydrogen-bond acceptors (Lipinski definition) is 5. The molecule has 1 aromatic heterocycles. The number of rotatable bonds is 9. The van der Waals surface area contributed by atoms with E-state index >= 15 is 0 Å². The Morgan fingerprint density at radius 2 is 1.88 bits per heavy atom. The first-order chi connectivity index (χ1) is 15.2. The SMILES string of the molecule is CCNC(=NCc1nnc2n1CCCCC2)NC(C)c1ccc(OCC)c(OCC)c1.I. The fraction of sp³-hybridized carbons (Fsp3) is 0.609. The monoisotopic (exact) mass is 556 g/mol. The van der Waals surface area contributed by atoms with Crippen LogP contribution in [0.15, 0.2) is 23.2 Å². The van der Waals surface area contributed by atoms with E-state index in [2.05, 4.69) is 45.3 Å². The zero-order chi connectivity index (χ0) is 22.1. The zero-order valence-electron chi connectivity index (χ0n) is 19.7. The van der Waals surface area contributed by atoms with Gasteiger partial charge in [0.25, 0.3) is 0 Å². The lowest BCUT2D eigenvalue weighted by atomic mass is 10.1. The largest absolute Gasteiger partial charge is 0.490 e. The first-order valence-corrected chi connectivity index (χ1v) is 11.5. The normalized spacial score (nSPS) is 14.6. The molecular weight excluding hydrogens is 519 g/mol. The highest BCUT2D eigenvalue weighted by Gasteiger charge is 2.16. The molecule has 0 spiro atoms. The Balaban J connectivity index is 0.00000363. The lowest BCUT2D eigenvalue weighted by molar-refractivity contribution is 0.287. The molecule has 9 heteroatoms. The van der Waals surface area contributed by atoms with Crippen LogP contribution in [-0.4, -0.2) is 40.5 Å². The van der Waals surface area contributed by atoms with Crippen molar-refractivity contribution in [3.8, 4) is 11.5 Å². The highest BCUT2D eigenvalue weighted by atomic mass is 127. The second-order valence-corrected chi connectivity index (χ2v) is 7.63. The van der Waals surface area contributed by atoms with Crippen molar-refractivity contribution < 1.29 is 9.47 Å². The van der Waals surface area contributed by atoms with Gasteiger partial charge in [0.05, 0.1) is 19.3 Å². The van der Waals surface area contributed by atoms with E-state index in [0.717, 1.165) is 54.2 Å². The van der Waals surface area contributed by atoms with Gasteiger partial charge in [-0.3, -0.25) is 0 Å². The van der Waals surface area contributed by atoms with Crippen molar-refractivity contribution in [1.82, 2.24) is 25.4 Å². The van der Waals surface area contributed by atoms with Crippen LogP contribution < -0.4 is 20.1 Å². The van der Waals surface area contributed by atoms with Crippen LogP contribution in [0.1, 0.15) is 70.2 Å². The van der Waals surface area contributed by atoms with Crippen molar-refractivity contribution in [3.63, 3.8) is 0 Å². The maximum atomic E-state index is 5.78. The summed E-state index contributed by atoms with van der Waals surface area (Å²) in [5.74, 6) is 4.32. The van der Waals surface area contributed by atoms with Crippen molar-refractivity contribution in [2.24, 2.45) is 4.99 Å². The van der Waals surface area contributed by atoms with E-state index in [9.17, 15) is 0 Å². The van der Waals surface area contributed by atoms with E-state index in [-0.39, 0.29) is 30.0 Å². The van der Waals surface area contributed by atoms with Crippen molar-refractivity contribution >= 4 is 29.9 Å². The smallest absolute Gasteiger partial charge is 0.192 e. The fourth-order valence-corrected chi connectivity index (χ4v) is 3.76. The van der Waals surface area contributed by atoms with E-state index in [0.29, 0.717) is 19.8 Å². The molecule has 0 bridgehead atoms. The van der Waals surface area contributed by atoms with Crippen molar-refractivity contribution in [2.75, 3.05) is 19.8 Å². The predicted octanol–water partition coefficient (Wildman–Crippen LogP) is 4.24. The van der Waals surface area contributed by atoms with E-state index in [1.807, 2.05) is 26.0 Å². The van der Waals surface area contributed by atoms with Gasteiger partial charge in [-0.25, -0.2) is 4.99 Å². The number of hydrogen-bond donors (Lipinski definition) is 2. The van der Waals surface area contributed by atoms with Crippen LogP contribution in [0.5, 0.6) is 11.5 Å². The van der Waals surface area contributed by atoms with E-state index in [1.54, 1.807) is 0 Å². The standard InChI is InChI=1S/C23H36N6O2.HI/c1-5-24-23(25-16-22-28-27-21-11-9-8-10-14-29(21)22)26-17(4)18-12-13-19(30-6-2)20(15-18)31-7-3;/h12-13,15,17H,5-11,14,16H2,1-4H3,(H2,24,25,26);1H. The molecule has 0 saturated carbocycles. The minimum atomic E-state index is 0. The number of benzene rings is 1. The third-order valence-electron chi connectivity index (χ3n) is 5.33. The molecule has 1 aromatic carbocycles. The van der Waals surface area contributed by atoms with Gasteiger partial charge < -0.3 is 24.7 Å². The first-order valence-electron chi connectivity index (χ1n) is 11.5. The molecule has 1 atom stereocenters. The summed E-state index contributed by atoms with van der Waals surface area (Å²) >= 11 is 0. The lowest BCUT2D eigenvalue weighted by Gasteiger charge is -2.20. The Morgan fingerprint density at radius 3 is 2.62 bits per heavy atom. The van der Waals surface area contributed by atoms with Gasteiger partial charge in [0.1, 0.15) is 12.4 Å². The molecule has 3 rings (SSSR count). The summed E-state index contributed by atoms with van der Waals surface area (Å²) in [5, 5.41) is 15.6. The van der Waals surface area contributed by atoms with Crippen molar-refractivity contribution in [2.45, 2.75) is 72.5 Å². The number of nitrogens with one attached hydrogen (secondary N) is 2. The quantitative estimate of drug-likeness (QED) is 0.273. The average Bonchev–Trinajstić information content (AvgIpc) is 2.99. The summed E-state index contributed by atoms with van der Waals surface area (Å²) in [5.41, 5.74) is 1.11. The summed E-state index contributed by atoms with van der Waals surface area (Å²) in [4.78, 5) is 4.78. The number of aliphatic imine (C=N–C) groups is 1. The van der Waals surface area contributed by atoms with Crippen LogP contribution in [0.3, 0.4) is 0 Å². The van der Waals surface area contributed by atoms with Gasteiger partial charge in [-0.05, 0) is 58.2 Å². The predicted molar refractivity (Wildman–Crippen MR) is 138 cm³/mol. The number of halogens is 1. The summed E-state index contributed by atoms with van der Waals surface area (Å²) < 4.78 is 13.7. The molecule has 2 heterocycles. The maximum absolute atomic E-state index is 5.78. The van der Waals surface area contributed by atoms with Gasteiger partial charge in [0, 0.05) is 19.5 Å². The van der Waals surface area contributed by atoms with Crippen LogP contribution in [-0.2, 0) is 19.5 Å². The van der Waals surface area contributed by atoms with E-state index in [1.165, 1.54) is 19.3 Å². The number of ether oxygens (including phenoxy) is 2. The summed E-state index contributed by atoms with van der Waals surface area (Å²) in [6.07, 6.45) is 4.62. The van der Waals surface area contributed by atoms with Gasteiger partial charge in [-0.1, -0.05) is 12.5 Å². The highest BCUT2D eigenvalue weighted by Crippen LogP contribution is 2.30. The molecular formula is C23H37IN6O2. The first kappa shape index (κ1) is 26.2. The van der Waals surface area contributed by atoms with Crippen LogP contribution in [0.25, 0.3) is 0 Å². The van der Waals surface area contributed by atoms with Crippen molar-refractivity contribution in [1.29, 1.82) is 0 Å². The molecule has 0 aliphatic carbocycles. The lowest BCUT2D eigenvalue weighted by Crippen LogP contribution is -2.38. The van der Waals surface area contributed by atoms with Gasteiger partial charge in [0.15, 0.2) is 23.3 Å². The number of guanidine groups is 1. The molecule has 0 fully saturated rings. The molecule has 1 aliphatic rings. The summed E-state index contributed by atoms with van der Waals surface area (Å²) in [6.45, 7) is 11.6. The molecule has 8 nitrogen and oxygen atoms in total. The molecule has 32 heavy (non-hydrogen) atoms. The van der Waals surface area contributed by atoms with Crippen LogP contribution in [0.4, 0.5) is 0 Å². The van der Waals surface area contributed by atoms with Crippen LogP contribution in [0.2, 0.25) is 0 Å². The third-order valence-corrected chi connectivity index (χ3v) is 5.33. The zero-order valence-corrected chi connectivity index (χ0v) is 22.0. The summed E-state index contributed by atoms with van der Waals surface area (Å²) in [7, 11) is 0. The topological polar surface area (TPSA) is 85.6 Å². The minimum absolute atomic E-state index is 0. The van der Waals surface area contributed by atoms with Gasteiger partial charge in [-0.15, -0.1) is 34.2 Å². The third kappa shape index (κ3) is 6.98. The Labute approximate surface area is 208 Å². The van der Waals surface area contributed by atoms with E-state index < -0.39 is 0 Å². The van der Waals surface area contributed by atoms with Crippen LogP contribution >= 0.6 is 24.0 Å². The second kappa shape index (κ2) is 13.5. The second-order valence-electron chi connectivity index (χ2n) is 7.63. The Kier molecular flexibility index (Phi) is 11.1. The van der Waals surface area contributed by atoms with Crippen molar-refractivity contribution in [3.05, 3.63) is 35.4 Å². The highest BCUT2D eigenvalue weighted by molar-refractivity contribution is 14.0. The van der Waals surface area contributed by atoms with E-state index in [4.69, 9.17) is 14.5 Å². The van der Waals surface area contributed by atoms with Crippen LogP contribution in [0, 0.1) is 0 Å². The van der Waals surface area contributed by atoms with Gasteiger partial charge in [0.2, 0.25) is 0 Å². The molecule has 1 unspecified atom stereocenters. The average molecular weight is 556 g/mol. The molecule has 0 radical (unpaired) electrons. The number of aryl methyl sites for hydroxylation is 1. The molecule has 178 valence electrons. The Hall–Kier alpha value is -2.04. The Morgan fingerprint density at radius 1 is 1.09 bits per heavy atom. The Bertz CT molecular complexity index is 870. The molecule has 2 aromatic rings. The molecule has 1 aliphatic heterocycles. The molecule has 0 saturated heterocycles. The summed E-state index contributed by atoms with van der Waals surface area (Å²) in [6, 6.07) is 6.11. The molecule has 0 amide bonds. The number of nitrogens with zero attached hydrogens (tertiary/aromatic N) is 4. The fourth-order valence-electron chi connectivity index (χ4n) is 3.76. The minimum Gasteiger partial charge on any atom is -0.490 e. The maximum Gasteiger partial charge on any atom is 0.192 e. The number of fused-ring (bicyclic) bond motifs is 1. The van der Waals surface area contributed by atoms with Gasteiger partial charge >= 0.3 is 0 Å².